The Balaban J connectivity index is 1.94. The number of rotatable bonds is 4. The number of carbonyl (C=O) groups is 1. The van der Waals surface area contributed by atoms with Crippen molar-refractivity contribution in [2.45, 2.75) is 20.0 Å². The molecule has 2 heteroatoms. The van der Waals surface area contributed by atoms with Crippen molar-refractivity contribution in [3.05, 3.63) is 89.5 Å². The molecule has 0 aromatic heterocycles. The third-order valence-electron chi connectivity index (χ3n) is 4.21. The largest absolute Gasteiger partial charge is 0.289 e. The molecule has 0 fully saturated rings. The summed E-state index contributed by atoms with van der Waals surface area (Å²) in [6.45, 7) is 6.54. The summed E-state index contributed by atoms with van der Waals surface area (Å²) in [5.41, 5.74) is 5.12. The Kier molecular flexibility index (Phi) is 4.77. The van der Waals surface area contributed by atoms with Crippen LogP contribution in [0.25, 0.3) is 11.1 Å². The van der Waals surface area contributed by atoms with E-state index in [9.17, 15) is 4.79 Å². The molecular weight excluding hydrogens is 308 g/mol. The summed E-state index contributed by atoms with van der Waals surface area (Å²) < 4.78 is 0. The Morgan fingerprint density at radius 2 is 1.42 bits per heavy atom. The number of benzene rings is 3. The van der Waals surface area contributed by atoms with Gasteiger partial charge in [0.1, 0.15) is 0 Å². The molecule has 0 heterocycles. The van der Waals surface area contributed by atoms with Gasteiger partial charge in [-0.3, -0.25) is 4.79 Å². The third-order valence-corrected chi connectivity index (χ3v) is 5.70. The number of hydrogen-bond donors (Lipinski definition) is 0. The summed E-state index contributed by atoms with van der Waals surface area (Å²) >= 11 is 0. The number of hydrogen-bond acceptors (Lipinski definition) is 1. The van der Waals surface area contributed by atoms with Crippen LogP contribution in [0.15, 0.2) is 72.8 Å². The van der Waals surface area contributed by atoms with Crippen LogP contribution in [0.3, 0.4) is 0 Å². The molecule has 119 valence electrons. The minimum absolute atomic E-state index is 0.121. The van der Waals surface area contributed by atoms with E-state index in [0.29, 0.717) is 0 Å². The molecule has 1 nitrogen and oxygen atoms in total. The smallest absolute Gasteiger partial charge is 0.192 e. The highest BCUT2D eigenvalue weighted by Crippen LogP contribution is 2.20. The van der Waals surface area contributed by atoms with E-state index in [1.807, 2.05) is 54.6 Å². The summed E-state index contributed by atoms with van der Waals surface area (Å²) in [6, 6.07) is 24.3. The van der Waals surface area contributed by atoms with Gasteiger partial charge in [0.05, 0.1) is 8.80 Å². The maximum absolute atomic E-state index is 12.9. The summed E-state index contributed by atoms with van der Waals surface area (Å²) in [5, 5.41) is 1.22. The van der Waals surface area contributed by atoms with Gasteiger partial charge in [-0.05, 0) is 18.1 Å². The van der Waals surface area contributed by atoms with Gasteiger partial charge in [0.2, 0.25) is 0 Å². The Bertz CT molecular complexity index is 849. The molecule has 0 atom stereocenters. The van der Waals surface area contributed by atoms with Crippen molar-refractivity contribution < 1.29 is 4.79 Å². The van der Waals surface area contributed by atoms with Gasteiger partial charge in [0.15, 0.2) is 5.78 Å². The molecule has 24 heavy (non-hydrogen) atoms. The molecule has 0 aliphatic carbocycles. The van der Waals surface area contributed by atoms with Crippen LogP contribution in [-0.4, -0.2) is 14.6 Å². The Morgan fingerprint density at radius 1 is 0.792 bits per heavy atom. The molecule has 0 aliphatic rings. The van der Waals surface area contributed by atoms with E-state index in [2.05, 4.69) is 38.2 Å². The zero-order chi connectivity index (χ0) is 17.1. The lowest BCUT2D eigenvalue weighted by atomic mass is 9.99. The van der Waals surface area contributed by atoms with Crippen LogP contribution in [-0.2, 0) is 0 Å². The predicted molar refractivity (Wildman–Crippen MR) is 104 cm³/mol. The lowest BCUT2D eigenvalue weighted by Gasteiger charge is -2.12. The highest BCUT2D eigenvalue weighted by molar-refractivity contribution is 6.72. The van der Waals surface area contributed by atoms with E-state index in [-0.39, 0.29) is 5.78 Å². The first-order valence-corrected chi connectivity index (χ1v) is 10.7. The molecule has 3 rings (SSSR count). The first-order valence-electron chi connectivity index (χ1n) is 8.17. The number of aryl methyl sites for hydroxylation is 1. The monoisotopic (exact) mass is 329 g/mol. The number of carbonyl (C=O) groups excluding carboxylic acids is 1. The second-order valence-electron chi connectivity index (χ2n) is 6.32. The van der Waals surface area contributed by atoms with Crippen molar-refractivity contribution in [1.82, 2.24) is 0 Å². The molecule has 0 saturated heterocycles. The molecule has 0 N–H and O–H groups in total. The van der Waals surface area contributed by atoms with Crippen molar-refractivity contribution in [3.8, 4) is 11.1 Å². The molecule has 0 unspecified atom stereocenters. The van der Waals surface area contributed by atoms with Gasteiger partial charge in [0.25, 0.3) is 0 Å². The van der Waals surface area contributed by atoms with Gasteiger partial charge in [-0.25, -0.2) is 0 Å². The molecule has 3 aromatic carbocycles. The van der Waals surface area contributed by atoms with E-state index < -0.39 is 8.80 Å². The number of ketones is 1. The fraction of sp³-hybridized carbons (Fsp3) is 0.136. The zero-order valence-electron chi connectivity index (χ0n) is 14.3. The Hall–Kier alpha value is -2.45. The second-order valence-corrected chi connectivity index (χ2v) is 8.86. The Morgan fingerprint density at radius 3 is 2.04 bits per heavy atom. The van der Waals surface area contributed by atoms with Crippen molar-refractivity contribution in [1.29, 1.82) is 0 Å². The van der Waals surface area contributed by atoms with E-state index >= 15 is 0 Å². The molecule has 1 radical (unpaired) electrons. The lowest BCUT2D eigenvalue weighted by Crippen LogP contribution is -2.29. The SMILES string of the molecule is Cc1ccc(C(=O)c2ccc(-c3ccccc3)cc2)c([Si](C)C)c1. The van der Waals surface area contributed by atoms with Gasteiger partial charge < -0.3 is 0 Å². The van der Waals surface area contributed by atoms with Crippen molar-refractivity contribution in [3.63, 3.8) is 0 Å². The molecule has 0 saturated carbocycles. The maximum atomic E-state index is 12.9. The summed E-state index contributed by atoms with van der Waals surface area (Å²) in [7, 11) is -0.687. The van der Waals surface area contributed by atoms with Gasteiger partial charge in [-0.1, -0.05) is 96.6 Å². The van der Waals surface area contributed by atoms with Crippen LogP contribution in [0.2, 0.25) is 13.1 Å². The molecule has 3 aromatic rings. The van der Waals surface area contributed by atoms with Crippen molar-refractivity contribution >= 4 is 19.8 Å². The molecule has 0 bridgehead atoms. The maximum Gasteiger partial charge on any atom is 0.192 e. The normalized spacial score (nSPS) is 10.8. The fourth-order valence-corrected chi connectivity index (χ4v) is 4.12. The average molecular weight is 329 g/mol. The van der Waals surface area contributed by atoms with E-state index in [1.165, 1.54) is 16.3 Å². The van der Waals surface area contributed by atoms with Crippen LogP contribution in [0.4, 0.5) is 0 Å². The highest BCUT2D eigenvalue weighted by atomic mass is 28.3. The highest BCUT2D eigenvalue weighted by Gasteiger charge is 2.16. The third kappa shape index (κ3) is 3.39. The first kappa shape index (κ1) is 16.4. The molecule has 0 amide bonds. The summed E-state index contributed by atoms with van der Waals surface area (Å²) in [6.07, 6.45) is 0. The zero-order valence-corrected chi connectivity index (χ0v) is 15.3. The van der Waals surface area contributed by atoms with Crippen LogP contribution >= 0.6 is 0 Å². The van der Waals surface area contributed by atoms with Gasteiger partial charge >= 0.3 is 0 Å². The van der Waals surface area contributed by atoms with E-state index in [1.54, 1.807) is 0 Å². The Labute approximate surface area is 145 Å². The van der Waals surface area contributed by atoms with E-state index in [4.69, 9.17) is 0 Å². The van der Waals surface area contributed by atoms with Gasteiger partial charge in [-0.2, -0.15) is 0 Å². The van der Waals surface area contributed by atoms with Crippen LogP contribution < -0.4 is 5.19 Å². The topological polar surface area (TPSA) is 17.1 Å². The predicted octanol–water partition coefficient (Wildman–Crippen LogP) is 4.85. The molecular formula is C22H21OSi. The molecule has 0 aliphatic heterocycles. The van der Waals surface area contributed by atoms with E-state index in [0.717, 1.165) is 16.7 Å². The lowest BCUT2D eigenvalue weighted by molar-refractivity contribution is 0.104. The van der Waals surface area contributed by atoms with Gasteiger partial charge in [-0.15, -0.1) is 0 Å². The fourth-order valence-electron chi connectivity index (χ4n) is 2.87. The summed E-state index contributed by atoms with van der Waals surface area (Å²) in [4.78, 5) is 12.9. The summed E-state index contributed by atoms with van der Waals surface area (Å²) in [5.74, 6) is 0.121. The van der Waals surface area contributed by atoms with Crippen LogP contribution in [0.1, 0.15) is 21.5 Å². The van der Waals surface area contributed by atoms with Crippen LogP contribution in [0.5, 0.6) is 0 Å². The minimum Gasteiger partial charge on any atom is -0.289 e. The van der Waals surface area contributed by atoms with Crippen molar-refractivity contribution in [2.24, 2.45) is 0 Å². The second kappa shape index (κ2) is 6.98. The quantitative estimate of drug-likeness (QED) is 0.494. The first-order chi connectivity index (χ1) is 11.6. The van der Waals surface area contributed by atoms with Gasteiger partial charge in [0, 0.05) is 11.1 Å². The van der Waals surface area contributed by atoms with Crippen LogP contribution in [0, 0.1) is 6.92 Å². The van der Waals surface area contributed by atoms with Crippen molar-refractivity contribution in [2.75, 3.05) is 0 Å². The average Bonchev–Trinajstić information content (AvgIpc) is 2.62. The standard InChI is InChI=1S/C22H21OSi/c1-16-9-14-20(21(15-16)24(2)3)22(23)19-12-10-18(11-13-19)17-7-5-4-6-8-17/h4-15H,1-3H3. The molecule has 0 spiro atoms. The minimum atomic E-state index is -0.687.